The van der Waals surface area contributed by atoms with E-state index in [0.29, 0.717) is 21.7 Å². The van der Waals surface area contributed by atoms with Crippen LogP contribution in [0.2, 0.25) is 0 Å². The topological polar surface area (TPSA) is 135 Å². The highest BCUT2D eigenvalue weighted by atomic mass is 32.2. The maximum Gasteiger partial charge on any atom is 0.259 e. The quantitative estimate of drug-likeness (QED) is 0.444. The lowest BCUT2D eigenvalue weighted by molar-refractivity contribution is -0.113. The predicted octanol–water partition coefficient (Wildman–Crippen LogP) is 1.30. The van der Waals surface area contributed by atoms with Gasteiger partial charge in [0, 0.05) is 5.69 Å². The summed E-state index contributed by atoms with van der Waals surface area (Å²) >= 11 is 1.09. The predicted molar refractivity (Wildman–Crippen MR) is 99.5 cm³/mol. The molecule has 4 N–H and O–H groups in total. The number of aromatic amines is 1. The van der Waals surface area contributed by atoms with Gasteiger partial charge in [0.05, 0.1) is 21.6 Å². The number of thioether (sulfide) groups is 1. The van der Waals surface area contributed by atoms with E-state index in [-0.39, 0.29) is 22.1 Å². The molecule has 0 spiro atoms. The lowest BCUT2D eigenvalue weighted by atomic mass is 10.2. The Morgan fingerprint density at radius 3 is 2.54 bits per heavy atom. The molecule has 0 atom stereocenters. The highest BCUT2D eigenvalue weighted by Gasteiger charge is 2.10. The normalized spacial score (nSPS) is 11.4. The van der Waals surface area contributed by atoms with Gasteiger partial charge in [-0.1, -0.05) is 23.9 Å². The molecule has 0 fully saturated rings. The van der Waals surface area contributed by atoms with Crippen LogP contribution in [0.3, 0.4) is 0 Å². The molecular formula is C16H14N4O4S2. The summed E-state index contributed by atoms with van der Waals surface area (Å²) in [5.74, 6) is -0.299. The fourth-order valence-electron chi connectivity index (χ4n) is 2.19. The van der Waals surface area contributed by atoms with E-state index in [2.05, 4.69) is 15.3 Å². The fourth-order valence-corrected chi connectivity index (χ4v) is 3.38. The van der Waals surface area contributed by atoms with Gasteiger partial charge in [-0.2, -0.15) is 0 Å². The van der Waals surface area contributed by atoms with Crippen molar-refractivity contribution in [3.63, 3.8) is 0 Å². The summed E-state index contributed by atoms with van der Waals surface area (Å²) in [6.07, 6.45) is 0. The second kappa shape index (κ2) is 7.28. The maximum absolute atomic E-state index is 12.0. The standard InChI is InChI=1S/C16H14N4O4S2/c17-26(23,24)11-7-5-10(6-8-11)18-14(21)9-25-16-19-13-4-2-1-3-12(13)15(22)20-16/h1-8H,9H2,(H,18,21)(H2,17,23,24)(H,19,20,22). The van der Waals surface area contributed by atoms with Crippen molar-refractivity contribution in [2.45, 2.75) is 10.1 Å². The zero-order chi connectivity index (χ0) is 18.7. The molecule has 0 aliphatic carbocycles. The molecule has 3 rings (SSSR count). The van der Waals surface area contributed by atoms with Crippen LogP contribution < -0.4 is 16.0 Å². The van der Waals surface area contributed by atoms with Gasteiger partial charge in [0.15, 0.2) is 5.16 Å². The number of primary sulfonamides is 1. The highest BCUT2D eigenvalue weighted by molar-refractivity contribution is 7.99. The van der Waals surface area contributed by atoms with Gasteiger partial charge in [-0.15, -0.1) is 0 Å². The number of H-pyrrole nitrogens is 1. The monoisotopic (exact) mass is 390 g/mol. The van der Waals surface area contributed by atoms with Crippen molar-refractivity contribution in [3.05, 3.63) is 58.9 Å². The molecule has 0 bridgehead atoms. The first-order valence-electron chi connectivity index (χ1n) is 7.37. The molecule has 3 aromatic rings. The smallest absolute Gasteiger partial charge is 0.259 e. The van der Waals surface area contributed by atoms with Gasteiger partial charge >= 0.3 is 0 Å². The summed E-state index contributed by atoms with van der Waals surface area (Å²) in [6, 6.07) is 12.4. The van der Waals surface area contributed by atoms with E-state index in [1.807, 2.05) is 0 Å². The van der Waals surface area contributed by atoms with Gasteiger partial charge in [-0.05, 0) is 36.4 Å². The number of anilines is 1. The van der Waals surface area contributed by atoms with Crippen LogP contribution in [-0.4, -0.2) is 30.0 Å². The number of nitrogens with zero attached hydrogens (tertiary/aromatic N) is 1. The Labute approximate surface area is 152 Å². The Kier molecular flexibility index (Phi) is 5.07. The fraction of sp³-hybridized carbons (Fsp3) is 0.0625. The third-order valence-electron chi connectivity index (χ3n) is 3.40. The molecule has 10 heteroatoms. The number of carbonyl (C=O) groups excluding carboxylic acids is 1. The van der Waals surface area contributed by atoms with E-state index in [4.69, 9.17) is 5.14 Å². The number of nitrogens with one attached hydrogen (secondary N) is 2. The van der Waals surface area contributed by atoms with Crippen molar-refractivity contribution in [2.24, 2.45) is 5.14 Å². The Hall–Kier alpha value is -2.69. The van der Waals surface area contributed by atoms with Crippen LogP contribution in [0.5, 0.6) is 0 Å². The molecular weight excluding hydrogens is 376 g/mol. The first kappa shape index (κ1) is 18.1. The first-order chi connectivity index (χ1) is 12.3. The Balaban J connectivity index is 1.65. The summed E-state index contributed by atoms with van der Waals surface area (Å²) in [5.41, 5.74) is 0.720. The summed E-state index contributed by atoms with van der Waals surface area (Å²) in [7, 11) is -3.78. The molecule has 1 aromatic heterocycles. The molecule has 0 saturated carbocycles. The number of fused-ring (bicyclic) bond motifs is 1. The van der Waals surface area contributed by atoms with Gasteiger partial charge in [-0.25, -0.2) is 18.5 Å². The number of hydrogen-bond donors (Lipinski definition) is 3. The lowest BCUT2D eigenvalue weighted by Crippen LogP contribution is -2.16. The van der Waals surface area contributed by atoms with Crippen LogP contribution in [0, 0.1) is 0 Å². The number of carbonyl (C=O) groups is 1. The number of nitrogens with two attached hydrogens (primary N) is 1. The van der Waals surface area contributed by atoms with Crippen molar-refractivity contribution in [3.8, 4) is 0 Å². The van der Waals surface area contributed by atoms with E-state index in [9.17, 15) is 18.0 Å². The minimum absolute atomic E-state index is 0.0260. The highest BCUT2D eigenvalue weighted by Crippen LogP contribution is 2.16. The minimum Gasteiger partial charge on any atom is -0.325 e. The van der Waals surface area contributed by atoms with E-state index < -0.39 is 10.0 Å². The molecule has 8 nitrogen and oxygen atoms in total. The van der Waals surface area contributed by atoms with Crippen LogP contribution in [0.25, 0.3) is 10.9 Å². The molecule has 0 saturated heterocycles. The van der Waals surface area contributed by atoms with Gasteiger partial charge in [0.2, 0.25) is 15.9 Å². The lowest BCUT2D eigenvalue weighted by Gasteiger charge is -2.06. The number of amides is 1. The average molecular weight is 390 g/mol. The summed E-state index contributed by atoms with van der Waals surface area (Å²) in [4.78, 5) is 30.9. The van der Waals surface area contributed by atoms with Gasteiger partial charge in [0.25, 0.3) is 5.56 Å². The van der Waals surface area contributed by atoms with Crippen molar-refractivity contribution < 1.29 is 13.2 Å². The number of para-hydroxylation sites is 1. The molecule has 1 amide bonds. The zero-order valence-electron chi connectivity index (χ0n) is 13.3. The third-order valence-corrected chi connectivity index (χ3v) is 5.20. The molecule has 26 heavy (non-hydrogen) atoms. The van der Waals surface area contributed by atoms with Crippen LogP contribution in [-0.2, 0) is 14.8 Å². The molecule has 0 unspecified atom stereocenters. The number of sulfonamides is 1. The van der Waals surface area contributed by atoms with Crippen LogP contribution in [0.1, 0.15) is 0 Å². The average Bonchev–Trinajstić information content (AvgIpc) is 2.60. The Morgan fingerprint density at radius 1 is 1.15 bits per heavy atom. The Morgan fingerprint density at radius 2 is 1.85 bits per heavy atom. The molecule has 2 aromatic carbocycles. The number of rotatable bonds is 5. The summed E-state index contributed by atoms with van der Waals surface area (Å²) < 4.78 is 22.4. The summed E-state index contributed by atoms with van der Waals surface area (Å²) in [5, 5.41) is 8.47. The van der Waals surface area contributed by atoms with E-state index in [0.717, 1.165) is 11.8 Å². The van der Waals surface area contributed by atoms with E-state index >= 15 is 0 Å². The Bertz CT molecular complexity index is 1120. The minimum atomic E-state index is -3.78. The number of hydrogen-bond acceptors (Lipinski definition) is 6. The van der Waals surface area contributed by atoms with Gasteiger partial charge in [-0.3, -0.25) is 9.59 Å². The van der Waals surface area contributed by atoms with Crippen molar-refractivity contribution in [1.29, 1.82) is 0 Å². The molecule has 1 heterocycles. The van der Waals surface area contributed by atoms with Gasteiger partial charge < -0.3 is 10.3 Å². The molecule has 134 valence electrons. The largest absolute Gasteiger partial charge is 0.325 e. The third kappa shape index (κ3) is 4.28. The SMILES string of the molecule is NS(=O)(=O)c1ccc(NC(=O)CSc2nc3ccccc3c(=O)[nH]2)cc1. The van der Waals surface area contributed by atoms with Crippen molar-refractivity contribution in [2.75, 3.05) is 11.1 Å². The van der Waals surface area contributed by atoms with Crippen LogP contribution in [0.15, 0.2) is 63.4 Å². The van der Waals surface area contributed by atoms with E-state index in [1.165, 1.54) is 24.3 Å². The molecule has 0 aliphatic rings. The van der Waals surface area contributed by atoms with E-state index in [1.54, 1.807) is 24.3 Å². The van der Waals surface area contributed by atoms with Crippen molar-refractivity contribution >= 4 is 44.3 Å². The zero-order valence-corrected chi connectivity index (χ0v) is 14.9. The second-order valence-electron chi connectivity index (χ2n) is 5.29. The molecule has 0 aliphatic heterocycles. The molecule has 0 radical (unpaired) electrons. The van der Waals surface area contributed by atoms with Crippen molar-refractivity contribution in [1.82, 2.24) is 9.97 Å². The second-order valence-corrected chi connectivity index (χ2v) is 7.82. The van der Waals surface area contributed by atoms with Gasteiger partial charge in [0.1, 0.15) is 0 Å². The number of benzene rings is 2. The first-order valence-corrected chi connectivity index (χ1v) is 9.91. The number of aromatic nitrogens is 2. The van der Waals surface area contributed by atoms with Crippen LogP contribution >= 0.6 is 11.8 Å². The maximum atomic E-state index is 12.0. The summed E-state index contributed by atoms with van der Waals surface area (Å²) in [6.45, 7) is 0. The van der Waals surface area contributed by atoms with Crippen LogP contribution in [0.4, 0.5) is 5.69 Å².